The lowest BCUT2D eigenvalue weighted by atomic mass is 9.83. The van der Waals surface area contributed by atoms with Gasteiger partial charge in [0.1, 0.15) is 5.60 Å². The number of carbonyl (C=O) groups is 2. The predicted molar refractivity (Wildman–Crippen MR) is 116 cm³/mol. The van der Waals surface area contributed by atoms with Crippen LogP contribution < -0.4 is 5.32 Å². The maximum atomic E-state index is 13.0. The summed E-state index contributed by atoms with van der Waals surface area (Å²) >= 11 is 0. The first-order valence-electron chi connectivity index (χ1n) is 11.0. The van der Waals surface area contributed by atoms with Gasteiger partial charge in [-0.3, -0.25) is 4.79 Å². The van der Waals surface area contributed by atoms with Crippen molar-refractivity contribution in [3.05, 3.63) is 11.1 Å². The number of amides is 1. The van der Waals surface area contributed by atoms with Crippen molar-refractivity contribution in [1.29, 1.82) is 0 Å². The van der Waals surface area contributed by atoms with Gasteiger partial charge in [-0.2, -0.15) is 0 Å². The summed E-state index contributed by atoms with van der Waals surface area (Å²) in [6, 6.07) is 0. The van der Waals surface area contributed by atoms with Crippen molar-refractivity contribution in [2.45, 2.75) is 64.9 Å². The van der Waals surface area contributed by atoms with E-state index in [0.717, 1.165) is 45.3 Å². The highest BCUT2D eigenvalue weighted by molar-refractivity contribution is 7.88. The Morgan fingerprint density at radius 1 is 1.13 bits per heavy atom. The normalized spacial score (nSPS) is 19.6. The molecule has 0 aromatic heterocycles. The zero-order chi connectivity index (χ0) is 22.4. The summed E-state index contributed by atoms with van der Waals surface area (Å²) in [5.74, 6) is -0.766. The molecule has 0 saturated carbocycles. The topological polar surface area (TPSA) is 96.0 Å². The van der Waals surface area contributed by atoms with E-state index >= 15 is 0 Å². The van der Waals surface area contributed by atoms with E-state index in [1.165, 1.54) is 10.6 Å². The third-order valence-electron chi connectivity index (χ3n) is 6.02. The molecule has 0 aromatic rings. The largest absolute Gasteiger partial charge is 0.450 e. The number of hydrogen-bond acceptors (Lipinski definition) is 6. The molecule has 8 nitrogen and oxygen atoms in total. The van der Waals surface area contributed by atoms with Gasteiger partial charge in [0.2, 0.25) is 10.0 Å². The lowest BCUT2D eigenvalue weighted by Crippen LogP contribution is -2.50. The van der Waals surface area contributed by atoms with Crippen LogP contribution in [0.5, 0.6) is 0 Å². The fourth-order valence-corrected chi connectivity index (χ4v) is 5.02. The number of sulfonamides is 1. The van der Waals surface area contributed by atoms with E-state index in [4.69, 9.17) is 4.74 Å². The third kappa shape index (κ3) is 6.04. The molecule has 1 saturated heterocycles. The van der Waals surface area contributed by atoms with Crippen LogP contribution in [0.4, 0.5) is 0 Å². The molecular weight excluding hydrogens is 406 g/mol. The Balaban J connectivity index is 2.01. The Morgan fingerprint density at radius 3 is 2.20 bits per heavy atom. The van der Waals surface area contributed by atoms with E-state index in [0.29, 0.717) is 30.5 Å². The van der Waals surface area contributed by atoms with Gasteiger partial charge in [-0.25, -0.2) is 17.5 Å². The second-order valence-electron chi connectivity index (χ2n) is 8.35. The van der Waals surface area contributed by atoms with Crippen LogP contribution in [0.15, 0.2) is 11.1 Å². The van der Waals surface area contributed by atoms with Crippen molar-refractivity contribution >= 4 is 21.9 Å². The molecule has 1 fully saturated rings. The Morgan fingerprint density at radius 2 is 1.70 bits per heavy atom. The Labute approximate surface area is 181 Å². The number of nitrogens with zero attached hydrogens (tertiary/aromatic N) is 2. The molecule has 0 bridgehead atoms. The van der Waals surface area contributed by atoms with E-state index < -0.39 is 21.6 Å². The lowest BCUT2D eigenvalue weighted by molar-refractivity contribution is -0.150. The van der Waals surface area contributed by atoms with Crippen LogP contribution in [0.2, 0.25) is 0 Å². The summed E-state index contributed by atoms with van der Waals surface area (Å²) < 4.78 is 30.6. The fourth-order valence-electron chi connectivity index (χ4n) is 4.17. The van der Waals surface area contributed by atoms with Crippen molar-refractivity contribution in [3.63, 3.8) is 0 Å². The number of hydrogen-bond donors (Lipinski definition) is 1. The highest BCUT2D eigenvalue weighted by atomic mass is 32.2. The van der Waals surface area contributed by atoms with Gasteiger partial charge >= 0.3 is 5.97 Å². The van der Waals surface area contributed by atoms with Crippen molar-refractivity contribution in [1.82, 2.24) is 14.5 Å². The second kappa shape index (κ2) is 10.7. The van der Waals surface area contributed by atoms with Gasteiger partial charge < -0.3 is 15.0 Å². The molecule has 0 radical (unpaired) electrons. The number of carbonyl (C=O) groups excluding carboxylic acids is 2. The molecule has 0 atom stereocenters. The lowest BCUT2D eigenvalue weighted by Gasteiger charge is -2.38. The van der Waals surface area contributed by atoms with Crippen LogP contribution in [0.3, 0.4) is 0 Å². The predicted octanol–water partition coefficient (Wildman–Crippen LogP) is 1.67. The zero-order valence-electron chi connectivity index (χ0n) is 18.8. The number of ether oxygens (including phenoxy) is 1. The summed E-state index contributed by atoms with van der Waals surface area (Å²) in [4.78, 5) is 27.6. The van der Waals surface area contributed by atoms with E-state index in [1.807, 2.05) is 0 Å². The Hall–Kier alpha value is -1.45. The van der Waals surface area contributed by atoms with Crippen molar-refractivity contribution < 1.29 is 22.7 Å². The quantitative estimate of drug-likeness (QED) is 0.488. The van der Waals surface area contributed by atoms with Crippen LogP contribution >= 0.6 is 0 Å². The number of esters is 1. The molecule has 0 aromatic carbocycles. The molecule has 1 spiro atoms. The maximum absolute atomic E-state index is 13.0. The van der Waals surface area contributed by atoms with Gasteiger partial charge in [0.15, 0.2) is 0 Å². The first-order chi connectivity index (χ1) is 14.1. The van der Waals surface area contributed by atoms with E-state index in [9.17, 15) is 18.0 Å². The monoisotopic (exact) mass is 443 g/mol. The minimum Gasteiger partial charge on any atom is -0.450 e. The molecule has 2 heterocycles. The molecule has 1 amide bonds. The van der Waals surface area contributed by atoms with Crippen LogP contribution in [-0.4, -0.2) is 80.6 Å². The molecule has 0 unspecified atom stereocenters. The summed E-state index contributed by atoms with van der Waals surface area (Å²) in [6.45, 7) is 9.72. The van der Waals surface area contributed by atoms with Gasteiger partial charge in [-0.15, -0.1) is 0 Å². The average Bonchev–Trinajstić information content (AvgIpc) is 2.92. The maximum Gasteiger partial charge on any atom is 0.335 e. The van der Waals surface area contributed by atoms with Gasteiger partial charge in [-0.1, -0.05) is 26.7 Å². The van der Waals surface area contributed by atoms with Gasteiger partial charge in [0, 0.05) is 44.6 Å². The average molecular weight is 444 g/mol. The van der Waals surface area contributed by atoms with E-state index in [2.05, 4.69) is 24.1 Å². The minimum atomic E-state index is -3.31. The zero-order valence-corrected chi connectivity index (χ0v) is 19.6. The molecule has 9 heteroatoms. The highest BCUT2D eigenvalue weighted by Gasteiger charge is 2.51. The highest BCUT2D eigenvalue weighted by Crippen LogP contribution is 2.41. The minimum absolute atomic E-state index is 0.234. The van der Waals surface area contributed by atoms with Crippen LogP contribution in [0.1, 0.15) is 59.3 Å². The number of nitrogens with one attached hydrogen (secondary N) is 1. The molecule has 2 aliphatic rings. The molecule has 172 valence electrons. The van der Waals surface area contributed by atoms with Gasteiger partial charge in [0.05, 0.1) is 11.8 Å². The SMILES string of the molecule is CCCCN(CCCC)CCNC(=O)C1=C(C)C(=O)OC12CCN(S(C)(=O)=O)CC2. The van der Waals surface area contributed by atoms with Crippen molar-refractivity contribution in [2.24, 2.45) is 0 Å². The summed E-state index contributed by atoms with van der Waals surface area (Å²) in [5.41, 5.74) is -0.320. The van der Waals surface area contributed by atoms with Crippen LogP contribution in [0, 0.1) is 0 Å². The third-order valence-corrected chi connectivity index (χ3v) is 7.32. The first-order valence-corrected chi connectivity index (χ1v) is 12.9. The Bertz CT molecular complexity index is 747. The van der Waals surface area contributed by atoms with E-state index in [1.54, 1.807) is 6.92 Å². The molecule has 0 aliphatic carbocycles. The fraction of sp³-hybridized carbons (Fsp3) is 0.810. The molecule has 2 aliphatic heterocycles. The van der Waals surface area contributed by atoms with E-state index in [-0.39, 0.29) is 19.0 Å². The van der Waals surface area contributed by atoms with Gasteiger partial charge in [-0.05, 0) is 32.9 Å². The number of unbranched alkanes of at least 4 members (excludes halogenated alkanes) is 2. The first kappa shape index (κ1) is 24.8. The molecule has 30 heavy (non-hydrogen) atoms. The molecule has 2 rings (SSSR count). The molecule has 1 N–H and O–H groups in total. The smallest absolute Gasteiger partial charge is 0.335 e. The second-order valence-corrected chi connectivity index (χ2v) is 10.3. The van der Waals surface area contributed by atoms with Crippen LogP contribution in [0.25, 0.3) is 0 Å². The van der Waals surface area contributed by atoms with Crippen molar-refractivity contribution in [2.75, 3.05) is 45.5 Å². The number of piperidine rings is 1. The molecular formula is C21H37N3O5S. The summed E-state index contributed by atoms with van der Waals surface area (Å²) in [5, 5.41) is 2.97. The standard InChI is InChI=1S/C21H37N3O5S/c1-5-7-12-23(13-8-6-2)16-11-22-19(25)18-17(3)20(26)29-21(18)9-14-24(15-10-21)30(4,27)28/h5-16H2,1-4H3,(H,22,25). The van der Waals surface area contributed by atoms with Gasteiger partial charge in [0.25, 0.3) is 5.91 Å². The van der Waals surface area contributed by atoms with Crippen LogP contribution in [-0.2, 0) is 24.3 Å². The summed E-state index contributed by atoms with van der Waals surface area (Å²) in [6.07, 6.45) is 6.29. The Kier molecular flexibility index (Phi) is 8.87. The number of rotatable bonds is 11. The summed E-state index contributed by atoms with van der Waals surface area (Å²) in [7, 11) is -3.31. The van der Waals surface area contributed by atoms with Crippen molar-refractivity contribution in [3.8, 4) is 0 Å².